The number of carbonyl (C=O) groups is 1. The minimum atomic E-state index is -0.754. The van der Waals surface area contributed by atoms with Gasteiger partial charge in [0.2, 0.25) is 0 Å². The van der Waals surface area contributed by atoms with Crippen molar-refractivity contribution in [3.63, 3.8) is 0 Å². The average molecular weight is 415 g/mol. The van der Waals surface area contributed by atoms with Gasteiger partial charge >= 0.3 is 0 Å². The smallest absolute Gasteiger partial charge is 0.261 e. The first kappa shape index (κ1) is 23.4. The zero-order valence-electron chi connectivity index (χ0n) is 18.5. The van der Waals surface area contributed by atoms with Gasteiger partial charge in [-0.2, -0.15) is 0 Å². The van der Waals surface area contributed by atoms with Crippen LogP contribution in [0.1, 0.15) is 65.5 Å². The minimum absolute atomic E-state index is 0.0411. The van der Waals surface area contributed by atoms with Crippen LogP contribution in [0.25, 0.3) is 0 Å². The van der Waals surface area contributed by atoms with Gasteiger partial charge in [-0.3, -0.25) is 4.79 Å². The molecule has 5 nitrogen and oxygen atoms in total. The highest BCUT2D eigenvalue weighted by Crippen LogP contribution is 2.39. The van der Waals surface area contributed by atoms with Crippen LogP contribution in [0.15, 0.2) is 47.0 Å². The van der Waals surface area contributed by atoms with Gasteiger partial charge in [-0.15, -0.1) is 0 Å². The monoisotopic (exact) mass is 414 g/mol. The van der Waals surface area contributed by atoms with Crippen molar-refractivity contribution < 1.29 is 19.4 Å². The fourth-order valence-corrected chi connectivity index (χ4v) is 3.34. The van der Waals surface area contributed by atoms with E-state index in [4.69, 9.17) is 5.41 Å². The molecule has 1 amide bonds. The van der Waals surface area contributed by atoms with Gasteiger partial charge in [0.05, 0.1) is 5.57 Å². The SMILES string of the molecule is CC(C)(C)c1cc(C(C)(C)C)c(NC(=O)C(C=N)=C(O)C2=CCCC=C2F)cc1O. The molecule has 4 N–H and O–H groups in total. The second kappa shape index (κ2) is 8.46. The van der Waals surface area contributed by atoms with Crippen molar-refractivity contribution in [3.8, 4) is 5.75 Å². The van der Waals surface area contributed by atoms with Gasteiger partial charge in [0.15, 0.2) is 0 Å². The Labute approximate surface area is 177 Å². The molecule has 0 radical (unpaired) electrons. The molecule has 0 atom stereocenters. The van der Waals surface area contributed by atoms with E-state index in [0.717, 1.165) is 11.1 Å². The maximum atomic E-state index is 14.1. The standard InChI is InChI=1S/C24H31FN2O3/c1-23(2,3)16-11-17(24(4,5)6)20(28)12-19(16)27-22(30)15(13-26)21(29)14-9-7-8-10-18(14)25/h9-13,26,28-29H,7-8H2,1-6H3,(H,27,30). The topological polar surface area (TPSA) is 93.4 Å². The van der Waals surface area contributed by atoms with Crippen LogP contribution >= 0.6 is 0 Å². The number of amides is 1. The highest BCUT2D eigenvalue weighted by atomic mass is 19.1. The third-order valence-corrected chi connectivity index (χ3v) is 5.00. The molecule has 0 saturated heterocycles. The van der Waals surface area contributed by atoms with E-state index in [0.29, 0.717) is 24.7 Å². The molecule has 0 spiro atoms. The van der Waals surface area contributed by atoms with E-state index < -0.39 is 17.5 Å². The fourth-order valence-electron chi connectivity index (χ4n) is 3.34. The fraction of sp³-hybridized carbons (Fsp3) is 0.417. The number of allylic oxidation sites excluding steroid dienone is 3. The van der Waals surface area contributed by atoms with E-state index in [1.165, 1.54) is 18.2 Å². The van der Waals surface area contributed by atoms with Gasteiger partial charge in [0, 0.05) is 23.5 Å². The number of phenols is 1. The average Bonchev–Trinajstić information content (AvgIpc) is 2.60. The second-order valence-electron chi connectivity index (χ2n) is 9.52. The van der Waals surface area contributed by atoms with Crippen molar-refractivity contribution in [2.45, 2.75) is 65.2 Å². The molecule has 1 aliphatic rings. The Kier molecular flexibility index (Phi) is 6.60. The van der Waals surface area contributed by atoms with Crippen LogP contribution in [-0.4, -0.2) is 22.3 Å². The quantitative estimate of drug-likeness (QED) is 0.278. The first-order valence-electron chi connectivity index (χ1n) is 9.97. The number of aliphatic hydroxyl groups is 1. The van der Waals surface area contributed by atoms with Gasteiger partial charge in [0.25, 0.3) is 5.91 Å². The van der Waals surface area contributed by atoms with E-state index in [9.17, 15) is 19.4 Å². The van der Waals surface area contributed by atoms with Crippen molar-refractivity contribution in [2.75, 3.05) is 5.32 Å². The van der Waals surface area contributed by atoms with Crippen LogP contribution < -0.4 is 5.32 Å². The maximum Gasteiger partial charge on any atom is 0.261 e. The number of rotatable bonds is 4. The second-order valence-corrected chi connectivity index (χ2v) is 9.52. The third-order valence-electron chi connectivity index (χ3n) is 5.00. The number of hydrogen-bond donors (Lipinski definition) is 4. The van der Waals surface area contributed by atoms with E-state index in [2.05, 4.69) is 5.32 Å². The molecule has 0 fully saturated rings. The molecule has 162 valence electrons. The first-order chi connectivity index (χ1) is 13.8. The summed E-state index contributed by atoms with van der Waals surface area (Å²) in [5.41, 5.74) is 0.818. The molecule has 6 heteroatoms. The van der Waals surface area contributed by atoms with Crippen molar-refractivity contribution in [2.24, 2.45) is 0 Å². The molecular formula is C24H31FN2O3. The summed E-state index contributed by atoms with van der Waals surface area (Å²) in [6, 6.07) is 3.35. The third kappa shape index (κ3) is 4.99. The predicted octanol–water partition coefficient (Wildman–Crippen LogP) is 5.96. The van der Waals surface area contributed by atoms with Crippen molar-refractivity contribution in [1.82, 2.24) is 0 Å². The van der Waals surface area contributed by atoms with Crippen LogP contribution in [0.2, 0.25) is 0 Å². The summed E-state index contributed by atoms with van der Waals surface area (Å²) in [7, 11) is 0. The largest absolute Gasteiger partial charge is 0.508 e. The summed E-state index contributed by atoms with van der Waals surface area (Å²) in [5.74, 6) is -1.91. The van der Waals surface area contributed by atoms with Gasteiger partial charge < -0.3 is 20.9 Å². The molecule has 0 unspecified atom stereocenters. The molecule has 1 aliphatic carbocycles. The van der Waals surface area contributed by atoms with E-state index in [1.54, 1.807) is 0 Å². The zero-order chi connectivity index (χ0) is 22.9. The van der Waals surface area contributed by atoms with E-state index >= 15 is 0 Å². The summed E-state index contributed by atoms with van der Waals surface area (Å²) in [6.45, 7) is 11.9. The highest BCUT2D eigenvalue weighted by molar-refractivity contribution is 6.18. The van der Waals surface area contributed by atoms with Crippen LogP contribution in [0.5, 0.6) is 5.75 Å². The number of carbonyl (C=O) groups excluding carboxylic acids is 1. The van der Waals surface area contributed by atoms with Crippen LogP contribution in [0, 0.1) is 5.41 Å². The molecular weight excluding hydrogens is 383 g/mol. The highest BCUT2D eigenvalue weighted by Gasteiger charge is 2.27. The molecule has 30 heavy (non-hydrogen) atoms. The molecule has 0 aliphatic heterocycles. The lowest BCUT2D eigenvalue weighted by Gasteiger charge is -2.28. The minimum Gasteiger partial charge on any atom is -0.508 e. The summed E-state index contributed by atoms with van der Waals surface area (Å²) in [6.07, 6.45) is 4.60. The summed E-state index contributed by atoms with van der Waals surface area (Å²) < 4.78 is 14.1. The van der Waals surface area contributed by atoms with Crippen molar-refractivity contribution in [1.29, 1.82) is 5.41 Å². The lowest BCUT2D eigenvalue weighted by Crippen LogP contribution is -2.23. The van der Waals surface area contributed by atoms with E-state index in [1.807, 2.05) is 47.6 Å². The number of halogens is 1. The number of aromatic hydroxyl groups is 1. The number of aliphatic hydroxyl groups excluding tert-OH is 1. The Bertz CT molecular complexity index is 958. The molecule has 1 aromatic carbocycles. The van der Waals surface area contributed by atoms with Crippen LogP contribution in [0.4, 0.5) is 10.1 Å². The van der Waals surface area contributed by atoms with Gasteiger partial charge in [-0.05, 0) is 46.9 Å². The predicted molar refractivity (Wildman–Crippen MR) is 119 cm³/mol. The molecule has 0 bridgehead atoms. The molecule has 1 aromatic rings. The van der Waals surface area contributed by atoms with Gasteiger partial charge in [-0.25, -0.2) is 4.39 Å². The number of anilines is 1. The van der Waals surface area contributed by atoms with Crippen molar-refractivity contribution >= 4 is 17.8 Å². The van der Waals surface area contributed by atoms with Crippen LogP contribution in [-0.2, 0) is 15.6 Å². The Morgan fingerprint density at radius 3 is 2.13 bits per heavy atom. The Balaban J connectivity index is 2.52. The van der Waals surface area contributed by atoms with Gasteiger partial charge in [0.1, 0.15) is 17.3 Å². The number of phenolic OH excluding ortho intramolecular Hbond substituents is 1. The lowest BCUT2D eigenvalue weighted by atomic mass is 9.79. The van der Waals surface area contributed by atoms with Crippen molar-refractivity contribution in [3.05, 3.63) is 58.1 Å². The Morgan fingerprint density at radius 2 is 1.63 bits per heavy atom. The lowest BCUT2D eigenvalue weighted by molar-refractivity contribution is -0.112. The summed E-state index contributed by atoms with van der Waals surface area (Å²) >= 11 is 0. The molecule has 2 rings (SSSR count). The Hall–Kier alpha value is -2.89. The zero-order valence-corrected chi connectivity index (χ0v) is 18.5. The summed E-state index contributed by atoms with van der Waals surface area (Å²) in [4.78, 5) is 12.9. The van der Waals surface area contributed by atoms with E-state index in [-0.39, 0.29) is 27.7 Å². The maximum absolute atomic E-state index is 14.1. The normalized spacial score (nSPS) is 15.7. The molecule has 0 saturated carbocycles. The molecule has 0 aromatic heterocycles. The number of benzene rings is 1. The summed E-state index contributed by atoms with van der Waals surface area (Å²) in [5, 5.41) is 31.3. The Morgan fingerprint density at radius 1 is 1.07 bits per heavy atom. The number of hydrogen-bond acceptors (Lipinski definition) is 4. The number of nitrogens with one attached hydrogen (secondary N) is 2. The molecule has 0 heterocycles. The van der Waals surface area contributed by atoms with Crippen LogP contribution in [0.3, 0.4) is 0 Å². The van der Waals surface area contributed by atoms with Gasteiger partial charge in [-0.1, -0.05) is 47.6 Å². The first-order valence-corrected chi connectivity index (χ1v) is 9.97.